The number of aliphatic imine (C=N–C) groups is 1. The second-order valence-electron chi connectivity index (χ2n) is 7.47. The van der Waals surface area contributed by atoms with E-state index >= 15 is 0 Å². The van der Waals surface area contributed by atoms with Gasteiger partial charge in [0.25, 0.3) is 0 Å². The van der Waals surface area contributed by atoms with Gasteiger partial charge in [-0.25, -0.2) is 9.57 Å². The molecule has 0 bridgehead atoms. The first kappa shape index (κ1) is 21.3. The average Bonchev–Trinajstić information content (AvgIpc) is 2.90. The van der Waals surface area contributed by atoms with Gasteiger partial charge < -0.3 is 5.11 Å². The Bertz CT molecular complexity index is 363. The average molecular weight is 338 g/mol. The van der Waals surface area contributed by atoms with Crippen molar-refractivity contribution in [2.75, 3.05) is 13.7 Å². The van der Waals surface area contributed by atoms with E-state index in [2.05, 4.69) is 23.5 Å². The first-order valence-corrected chi connectivity index (χ1v) is 10.5. The van der Waals surface area contributed by atoms with Gasteiger partial charge in [0, 0.05) is 20.0 Å². The quantitative estimate of drug-likeness (QED) is 0.299. The van der Waals surface area contributed by atoms with E-state index in [4.69, 9.17) is 5.11 Å². The van der Waals surface area contributed by atoms with E-state index in [1.54, 1.807) is 0 Å². The normalized spacial score (nSPS) is 17.2. The van der Waals surface area contributed by atoms with Crippen LogP contribution in [0.5, 0.6) is 0 Å². The molecule has 140 valence electrons. The van der Waals surface area contributed by atoms with Gasteiger partial charge in [0.2, 0.25) is 6.17 Å². The van der Waals surface area contributed by atoms with Crippen LogP contribution in [0.25, 0.3) is 0 Å². The molecule has 0 aliphatic carbocycles. The van der Waals surface area contributed by atoms with Crippen LogP contribution in [-0.4, -0.2) is 41.4 Å². The molecular formula is C21H41N2O+. The van der Waals surface area contributed by atoms with E-state index in [1.165, 1.54) is 95.6 Å². The minimum absolute atomic E-state index is 0.365. The SMILES string of the molecule is CC1=[N+](C)C(CCCCCCCCCCCCCCCCO)N=C1. The molecule has 1 rings (SSSR count). The summed E-state index contributed by atoms with van der Waals surface area (Å²) in [5, 5.41) is 8.72. The molecule has 3 heteroatoms. The third-order valence-corrected chi connectivity index (χ3v) is 5.31. The smallest absolute Gasteiger partial charge is 0.245 e. The molecule has 0 aromatic carbocycles. The highest BCUT2D eigenvalue weighted by atomic mass is 16.2. The molecule has 1 atom stereocenters. The van der Waals surface area contributed by atoms with Gasteiger partial charge in [0.1, 0.15) is 7.05 Å². The third kappa shape index (κ3) is 10.2. The van der Waals surface area contributed by atoms with Gasteiger partial charge in [0.05, 0.1) is 6.21 Å². The van der Waals surface area contributed by atoms with Crippen molar-refractivity contribution >= 4 is 11.9 Å². The van der Waals surface area contributed by atoms with Crippen LogP contribution in [0.2, 0.25) is 0 Å². The minimum atomic E-state index is 0.365. The van der Waals surface area contributed by atoms with E-state index in [0.717, 1.165) is 6.42 Å². The number of hydrogen-bond donors (Lipinski definition) is 1. The number of aliphatic hydroxyl groups is 1. The van der Waals surface area contributed by atoms with Gasteiger partial charge in [0.15, 0.2) is 5.71 Å². The maximum Gasteiger partial charge on any atom is 0.245 e. The Kier molecular flexibility index (Phi) is 13.0. The van der Waals surface area contributed by atoms with Crippen molar-refractivity contribution in [3.63, 3.8) is 0 Å². The van der Waals surface area contributed by atoms with E-state index in [0.29, 0.717) is 12.8 Å². The van der Waals surface area contributed by atoms with Gasteiger partial charge >= 0.3 is 0 Å². The number of aliphatic hydroxyl groups excluding tert-OH is 1. The number of nitrogens with zero attached hydrogens (tertiary/aromatic N) is 2. The van der Waals surface area contributed by atoms with Crippen LogP contribution in [-0.2, 0) is 0 Å². The van der Waals surface area contributed by atoms with E-state index in [9.17, 15) is 0 Å². The van der Waals surface area contributed by atoms with Crippen LogP contribution < -0.4 is 0 Å². The molecular weight excluding hydrogens is 296 g/mol. The van der Waals surface area contributed by atoms with Crippen molar-refractivity contribution < 1.29 is 9.68 Å². The molecule has 0 aromatic rings. The molecule has 0 saturated carbocycles. The van der Waals surface area contributed by atoms with Gasteiger partial charge in [-0.3, -0.25) is 0 Å². The summed E-state index contributed by atoms with van der Waals surface area (Å²) >= 11 is 0. The molecule has 1 aliphatic rings. The maximum atomic E-state index is 8.72. The van der Waals surface area contributed by atoms with Gasteiger partial charge in [-0.05, 0) is 12.8 Å². The predicted octanol–water partition coefficient (Wildman–Crippen LogP) is 5.34. The highest BCUT2D eigenvalue weighted by molar-refractivity contribution is 6.27. The lowest BCUT2D eigenvalue weighted by atomic mass is 10.0. The zero-order chi connectivity index (χ0) is 17.5. The topological polar surface area (TPSA) is 35.6 Å². The molecule has 0 fully saturated rings. The Morgan fingerprint density at radius 3 is 1.58 bits per heavy atom. The van der Waals surface area contributed by atoms with E-state index in [-0.39, 0.29) is 0 Å². The lowest BCUT2D eigenvalue weighted by Crippen LogP contribution is -2.20. The fourth-order valence-electron chi connectivity index (χ4n) is 3.45. The van der Waals surface area contributed by atoms with Crippen molar-refractivity contribution in [3.05, 3.63) is 0 Å². The number of hydrogen-bond acceptors (Lipinski definition) is 2. The Hall–Kier alpha value is -0.700. The standard InChI is InChI=1S/C21H41N2O/c1-20-19-22-21(23(20)2)17-15-13-11-9-7-5-3-4-6-8-10-12-14-16-18-24/h19,21,24H,3-18H2,1-2H3/q+1. The van der Waals surface area contributed by atoms with Crippen molar-refractivity contribution in [2.24, 2.45) is 4.99 Å². The molecule has 1 N–H and O–H groups in total. The minimum Gasteiger partial charge on any atom is -0.396 e. The van der Waals surface area contributed by atoms with E-state index < -0.39 is 0 Å². The lowest BCUT2D eigenvalue weighted by molar-refractivity contribution is -0.532. The highest BCUT2D eigenvalue weighted by Gasteiger charge is 2.21. The van der Waals surface area contributed by atoms with Crippen molar-refractivity contribution in [1.29, 1.82) is 0 Å². The van der Waals surface area contributed by atoms with Gasteiger partial charge in [-0.15, -0.1) is 0 Å². The van der Waals surface area contributed by atoms with Crippen LogP contribution >= 0.6 is 0 Å². The summed E-state index contributed by atoms with van der Waals surface area (Å²) in [5.41, 5.74) is 1.30. The zero-order valence-corrected chi connectivity index (χ0v) is 16.3. The van der Waals surface area contributed by atoms with Crippen LogP contribution in [0, 0.1) is 0 Å². The molecule has 24 heavy (non-hydrogen) atoms. The summed E-state index contributed by atoms with van der Waals surface area (Å²) in [6, 6.07) is 0. The fourth-order valence-corrected chi connectivity index (χ4v) is 3.45. The first-order valence-electron chi connectivity index (χ1n) is 10.5. The molecule has 3 nitrogen and oxygen atoms in total. The molecule has 0 aromatic heterocycles. The van der Waals surface area contributed by atoms with Crippen molar-refractivity contribution in [3.8, 4) is 0 Å². The summed E-state index contributed by atoms with van der Waals surface area (Å²) in [6.45, 7) is 2.50. The van der Waals surface area contributed by atoms with Gasteiger partial charge in [-0.2, -0.15) is 0 Å². The zero-order valence-electron chi connectivity index (χ0n) is 16.3. The Labute approximate surface area is 150 Å². The summed E-state index contributed by atoms with van der Waals surface area (Å²) in [5.74, 6) is 0. The molecule has 1 heterocycles. The summed E-state index contributed by atoms with van der Waals surface area (Å²) in [7, 11) is 2.15. The predicted molar refractivity (Wildman–Crippen MR) is 105 cm³/mol. The Morgan fingerprint density at radius 2 is 1.21 bits per heavy atom. The first-order chi connectivity index (χ1) is 11.8. The number of rotatable bonds is 16. The third-order valence-electron chi connectivity index (χ3n) is 5.31. The lowest BCUT2D eigenvalue weighted by Gasteiger charge is -2.06. The highest BCUT2D eigenvalue weighted by Crippen LogP contribution is 2.15. The van der Waals surface area contributed by atoms with Gasteiger partial charge in [-0.1, -0.05) is 77.0 Å². The molecule has 0 spiro atoms. The molecule has 0 radical (unpaired) electrons. The fraction of sp³-hybridized carbons (Fsp3) is 0.905. The summed E-state index contributed by atoms with van der Waals surface area (Å²) in [6.07, 6.45) is 22.5. The maximum absolute atomic E-state index is 8.72. The number of unbranched alkanes of at least 4 members (excludes halogenated alkanes) is 13. The van der Waals surface area contributed by atoms with E-state index in [1.807, 2.05) is 6.21 Å². The monoisotopic (exact) mass is 337 g/mol. The van der Waals surface area contributed by atoms with Crippen LogP contribution in [0.1, 0.15) is 103 Å². The second-order valence-corrected chi connectivity index (χ2v) is 7.47. The van der Waals surface area contributed by atoms with Crippen molar-refractivity contribution in [2.45, 2.75) is 109 Å². The van der Waals surface area contributed by atoms with Crippen LogP contribution in [0.4, 0.5) is 0 Å². The van der Waals surface area contributed by atoms with Crippen molar-refractivity contribution in [1.82, 2.24) is 0 Å². The molecule has 0 amide bonds. The summed E-state index contributed by atoms with van der Waals surface area (Å²) < 4.78 is 2.30. The Balaban J connectivity index is 1.75. The molecule has 1 unspecified atom stereocenters. The largest absolute Gasteiger partial charge is 0.396 e. The molecule has 0 saturated heterocycles. The molecule has 1 aliphatic heterocycles. The summed E-state index contributed by atoms with van der Waals surface area (Å²) in [4.78, 5) is 4.55. The second kappa shape index (κ2) is 14.6. The van der Waals surface area contributed by atoms with Crippen LogP contribution in [0.15, 0.2) is 4.99 Å². The van der Waals surface area contributed by atoms with Crippen LogP contribution in [0.3, 0.4) is 0 Å². The Morgan fingerprint density at radius 1 is 0.792 bits per heavy atom.